The fourth-order valence-electron chi connectivity index (χ4n) is 4.87. The van der Waals surface area contributed by atoms with Crippen molar-refractivity contribution >= 4 is 17.5 Å². The molecule has 0 radical (unpaired) electrons. The molecule has 200 valence electrons. The van der Waals surface area contributed by atoms with Gasteiger partial charge in [-0.15, -0.1) is 0 Å². The highest BCUT2D eigenvalue weighted by Gasteiger charge is 2.73. The normalized spacial score (nSPS) is 17.6. The van der Waals surface area contributed by atoms with Crippen molar-refractivity contribution in [3.63, 3.8) is 0 Å². The second-order valence-electron chi connectivity index (χ2n) is 9.87. The smallest absolute Gasteiger partial charge is 0.346 e. The van der Waals surface area contributed by atoms with E-state index in [2.05, 4.69) is 10.6 Å². The molecule has 0 aliphatic heterocycles. The molecule has 2 aliphatic rings. The maximum atomic E-state index is 14.4. The first kappa shape index (κ1) is 26.9. The van der Waals surface area contributed by atoms with Gasteiger partial charge in [0.2, 0.25) is 0 Å². The molecule has 2 aromatic rings. The second kappa shape index (κ2) is 9.02. The number of alkyl halides is 7. The summed E-state index contributed by atoms with van der Waals surface area (Å²) in [6.07, 6.45) is -7.62. The van der Waals surface area contributed by atoms with Crippen LogP contribution >= 0.6 is 0 Å². The molecule has 0 bridgehead atoms. The van der Waals surface area contributed by atoms with Gasteiger partial charge in [0.05, 0.1) is 11.1 Å². The monoisotopic (exact) mass is 530 g/mol. The Hall–Kier alpha value is -3.11. The van der Waals surface area contributed by atoms with E-state index in [1.807, 2.05) is 0 Å². The van der Waals surface area contributed by atoms with Crippen LogP contribution in [0, 0.1) is 19.8 Å². The van der Waals surface area contributed by atoms with Crippen LogP contribution < -0.4 is 10.6 Å². The van der Waals surface area contributed by atoms with E-state index in [1.54, 1.807) is 19.1 Å². The Morgan fingerprint density at radius 2 is 1.49 bits per heavy atom. The molecule has 2 N–H and O–H groups in total. The van der Waals surface area contributed by atoms with Crippen molar-refractivity contribution in [1.82, 2.24) is 5.32 Å². The number of nitrogens with one attached hydrogen (secondary N) is 2. The maximum Gasteiger partial charge on any atom is 0.435 e. The molecule has 0 saturated heterocycles. The number of hydrogen-bond acceptors (Lipinski definition) is 2. The van der Waals surface area contributed by atoms with Crippen molar-refractivity contribution in [1.29, 1.82) is 0 Å². The van der Waals surface area contributed by atoms with Crippen LogP contribution in [-0.4, -0.2) is 29.7 Å². The fraction of sp³-hybridized carbons (Fsp3) is 0.462. The summed E-state index contributed by atoms with van der Waals surface area (Å²) in [7, 11) is 0. The van der Waals surface area contributed by atoms with Crippen molar-refractivity contribution in [2.24, 2.45) is 5.92 Å². The summed E-state index contributed by atoms with van der Waals surface area (Å²) in [4.78, 5) is 26.3. The number of anilines is 1. The zero-order valence-corrected chi connectivity index (χ0v) is 20.0. The minimum atomic E-state index is -6.25. The zero-order chi connectivity index (χ0) is 27.4. The first-order chi connectivity index (χ1) is 17.1. The molecule has 2 amide bonds. The van der Waals surface area contributed by atoms with Gasteiger partial charge in [0, 0.05) is 16.8 Å². The number of amides is 2. The molecule has 4 rings (SSSR count). The standard InChI is InChI=1S/C26H25F7N2O2/c1-14-5-3-8-18(20(14)22(37)35-23(11-12-23)16-6-4-7-16)21(36)34-19-10-9-17(13-15(19)2)24(27,25(28,29)30)26(31,32)33/h3,5,8-10,13,16H,4,6-7,11-12H2,1-2H3,(H,34,36)(H,35,37). The van der Waals surface area contributed by atoms with Crippen molar-refractivity contribution in [2.45, 2.75) is 69.5 Å². The van der Waals surface area contributed by atoms with Crippen molar-refractivity contribution < 1.29 is 40.3 Å². The third-order valence-electron chi connectivity index (χ3n) is 7.44. The summed E-state index contributed by atoms with van der Waals surface area (Å²) in [5.41, 5.74) is -7.18. The van der Waals surface area contributed by atoms with E-state index < -0.39 is 35.4 Å². The molecular formula is C26H25F7N2O2. The van der Waals surface area contributed by atoms with Crippen molar-refractivity contribution in [2.75, 3.05) is 5.32 Å². The average molecular weight is 530 g/mol. The number of benzene rings is 2. The Labute approximate surface area is 208 Å². The third-order valence-corrected chi connectivity index (χ3v) is 7.44. The summed E-state index contributed by atoms with van der Waals surface area (Å²) >= 11 is 0. The lowest BCUT2D eigenvalue weighted by Crippen LogP contribution is -2.50. The van der Waals surface area contributed by atoms with Gasteiger partial charge >= 0.3 is 18.0 Å². The maximum absolute atomic E-state index is 14.4. The molecule has 2 saturated carbocycles. The molecule has 2 aromatic carbocycles. The van der Waals surface area contributed by atoms with Gasteiger partial charge < -0.3 is 10.6 Å². The van der Waals surface area contributed by atoms with E-state index in [1.165, 1.54) is 6.07 Å². The Morgan fingerprint density at radius 1 is 0.865 bits per heavy atom. The number of halogens is 7. The van der Waals surface area contributed by atoms with Crippen LogP contribution in [0.15, 0.2) is 36.4 Å². The Kier molecular flexibility index (Phi) is 6.57. The number of aryl methyl sites for hydroxylation is 2. The van der Waals surface area contributed by atoms with E-state index >= 15 is 0 Å². The van der Waals surface area contributed by atoms with Crippen LogP contribution in [0.25, 0.3) is 0 Å². The van der Waals surface area contributed by atoms with Gasteiger partial charge in [-0.05, 0) is 68.7 Å². The van der Waals surface area contributed by atoms with Crippen LogP contribution in [0.4, 0.5) is 36.4 Å². The van der Waals surface area contributed by atoms with Gasteiger partial charge in [-0.2, -0.15) is 26.3 Å². The lowest BCUT2D eigenvalue weighted by atomic mass is 9.77. The Morgan fingerprint density at radius 3 is 1.97 bits per heavy atom. The molecule has 0 heterocycles. The molecule has 2 aliphatic carbocycles. The molecule has 0 atom stereocenters. The van der Waals surface area contributed by atoms with E-state index in [4.69, 9.17) is 0 Å². The summed E-state index contributed by atoms with van der Waals surface area (Å²) in [6, 6.07) is 6.13. The van der Waals surface area contributed by atoms with Crippen LogP contribution in [0.1, 0.15) is 69.5 Å². The predicted molar refractivity (Wildman–Crippen MR) is 122 cm³/mol. The van der Waals surface area contributed by atoms with Gasteiger partial charge in [0.15, 0.2) is 0 Å². The fourth-order valence-corrected chi connectivity index (χ4v) is 4.87. The van der Waals surface area contributed by atoms with Gasteiger partial charge in [0.1, 0.15) is 0 Å². The molecule has 37 heavy (non-hydrogen) atoms. The summed E-state index contributed by atoms with van der Waals surface area (Å²) < 4.78 is 93.0. The quantitative estimate of drug-likeness (QED) is 0.399. The summed E-state index contributed by atoms with van der Waals surface area (Å²) in [6.45, 7) is 2.80. The van der Waals surface area contributed by atoms with Crippen LogP contribution in [0.5, 0.6) is 0 Å². The number of carbonyl (C=O) groups excluding carboxylic acids is 2. The zero-order valence-electron chi connectivity index (χ0n) is 20.0. The highest BCUT2D eigenvalue weighted by Crippen LogP contribution is 2.53. The second-order valence-corrected chi connectivity index (χ2v) is 9.87. The van der Waals surface area contributed by atoms with Crippen LogP contribution in [0.2, 0.25) is 0 Å². The van der Waals surface area contributed by atoms with E-state index in [9.17, 15) is 40.3 Å². The van der Waals surface area contributed by atoms with Gasteiger partial charge in [-0.25, -0.2) is 4.39 Å². The van der Waals surface area contributed by atoms with Gasteiger partial charge in [-0.3, -0.25) is 9.59 Å². The highest BCUT2D eigenvalue weighted by atomic mass is 19.4. The SMILES string of the molecule is Cc1cc(C(F)(C(F)(F)F)C(F)(F)F)ccc1NC(=O)c1cccc(C)c1C(=O)NC1(C2CCC2)CC1. The van der Waals surface area contributed by atoms with Gasteiger partial charge in [0.25, 0.3) is 11.8 Å². The van der Waals surface area contributed by atoms with Crippen LogP contribution in [0.3, 0.4) is 0 Å². The molecular weight excluding hydrogens is 505 g/mol. The Balaban J connectivity index is 1.60. The number of hydrogen-bond donors (Lipinski definition) is 2. The summed E-state index contributed by atoms with van der Waals surface area (Å²) in [5, 5.41) is 5.50. The first-order valence-corrected chi connectivity index (χ1v) is 11.8. The minimum absolute atomic E-state index is 0.00388. The van der Waals surface area contributed by atoms with E-state index in [0.29, 0.717) is 23.6 Å². The largest absolute Gasteiger partial charge is 0.435 e. The highest BCUT2D eigenvalue weighted by molar-refractivity contribution is 6.13. The predicted octanol–water partition coefficient (Wildman–Crippen LogP) is 6.91. The van der Waals surface area contributed by atoms with E-state index in [0.717, 1.165) is 45.1 Å². The molecule has 0 aromatic heterocycles. The topological polar surface area (TPSA) is 58.2 Å². The molecule has 11 heteroatoms. The molecule has 0 unspecified atom stereocenters. The third kappa shape index (κ3) is 4.68. The van der Waals surface area contributed by atoms with Crippen molar-refractivity contribution in [3.8, 4) is 0 Å². The Bertz CT molecular complexity index is 1210. The van der Waals surface area contributed by atoms with Crippen LogP contribution in [-0.2, 0) is 5.67 Å². The molecule has 4 nitrogen and oxygen atoms in total. The minimum Gasteiger partial charge on any atom is -0.346 e. The number of carbonyl (C=O) groups is 2. The van der Waals surface area contributed by atoms with E-state index in [-0.39, 0.29) is 27.9 Å². The summed E-state index contributed by atoms with van der Waals surface area (Å²) in [5.74, 6) is -0.802. The molecule has 2 fully saturated rings. The number of rotatable bonds is 6. The first-order valence-electron chi connectivity index (χ1n) is 11.8. The van der Waals surface area contributed by atoms with Gasteiger partial charge in [-0.1, -0.05) is 30.7 Å². The lowest BCUT2D eigenvalue weighted by molar-refractivity contribution is -0.348. The lowest BCUT2D eigenvalue weighted by Gasteiger charge is -2.35. The van der Waals surface area contributed by atoms with Crippen molar-refractivity contribution in [3.05, 3.63) is 64.2 Å². The molecule has 0 spiro atoms. The average Bonchev–Trinajstić information content (AvgIpc) is 3.50.